The number of fused-ring (bicyclic) bond motifs is 1. The predicted octanol–water partition coefficient (Wildman–Crippen LogP) is 3.75. The average Bonchev–Trinajstić information content (AvgIpc) is 3.31. The molecular weight excluding hydrogens is 354 g/mol. The summed E-state index contributed by atoms with van der Waals surface area (Å²) in [4.78, 5) is 32.7. The molecule has 25 heavy (non-hydrogen) atoms. The van der Waals surface area contributed by atoms with Crippen LogP contribution in [0.5, 0.6) is 0 Å². The van der Waals surface area contributed by atoms with E-state index < -0.39 is 5.92 Å². The van der Waals surface area contributed by atoms with Crippen molar-refractivity contribution in [3.8, 4) is 0 Å². The highest BCUT2D eigenvalue weighted by molar-refractivity contribution is 7.13. The highest BCUT2D eigenvalue weighted by Gasteiger charge is 2.43. The van der Waals surface area contributed by atoms with Gasteiger partial charge in [-0.3, -0.25) is 9.59 Å². The standard InChI is InChI=1S/C18H15N3O2S2/c1-21-15(13-7-4-9-24-13)14(16(22)20-18-19-8-10-25-18)11-5-2-3-6-12(11)17(21)23/h2-10,14-15H,1H3,(H,19,20,22). The maximum absolute atomic E-state index is 13.1. The number of carbonyl (C=O) groups is 2. The molecule has 1 aromatic carbocycles. The maximum Gasteiger partial charge on any atom is 0.254 e. The second kappa shape index (κ2) is 6.42. The molecular formula is C18H15N3O2S2. The lowest BCUT2D eigenvalue weighted by molar-refractivity contribution is -0.119. The van der Waals surface area contributed by atoms with E-state index in [1.54, 1.807) is 35.5 Å². The summed E-state index contributed by atoms with van der Waals surface area (Å²) >= 11 is 2.93. The Morgan fingerprint density at radius 2 is 2.00 bits per heavy atom. The van der Waals surface area contributed by atoms with Crippen molar-refractivity contribution < 1.29 is 9.59 Å². The highest BCUT2D eigenvalue weighted by atomic mass is 32.1. The molecule has 1 aliphatic rings. The summed E-state index contributed by atoms with van der Waals surface area (Å²) in [5, 5.41) is 7.24. The fourth-order valence-electron chi connectivity index (χ4n) is 3.24. The normalized spacial score (nSPS) is 19.6. The van der Waals surface area contributed by atoms with Gasteiger partial charge in [-0.15, -0.1) is 22.7 Å². The zero-order valence-electron chi connectivity index (χ0n) is 13.4. The van der Waals surface area contributed by atoms with Crippen molar-refractivity contribution in [3.05, 3.63) is 69.4 Å². The summed E-state index contributed by atoms with van der Waals surface area (Å²) in [6.45, 7) is 0. The summed E-state index contributed by atoms with van der Waals surface area (Å²) in [5.74, 6) is -0.700. The molecule has 7 heteroatoms. The van der Waals surface area contributed by atoms with E-state index >= 15 is 0 Å². The number of carbonyl (C=O) groups excluding carboxylic acids is 2. The number of anilines is 1. The monoisotopic (exact) mass is 369 g/mol. The lowest BCUT2D eigenvalue weighted by Gasteiger charge is -2.38. The fourth-order valence-corrected chi connectivity index (χ4v) is 4.68. The number of thiazole rings is 1. The molecule has 4 rings (SSSR count). The zero-order valence-corrected chi connectivity index (χ0v) is 15.0. The van der Waals surface area contributed by atoms with E-state index in [0.717, 1.165) is 10.4 Å². The summed E-state index contributed by atoms with van der Waals surface area (Å²) in [5.41, 5.74) is 1.34. The van der Waals surface area contributed by atoms with Gasteiger partial charge in [-0.1, -0.05) is 24.3 Å². The minimum atomic E-state index is -0.485. The number of hydrogen-bond acceptors (Lipinski definition) is 5. The van der Waals surface area contributed by atoms with Gasteiger partial charge in [-0.2, -0.15) is 0 Å². The molecule has 3 aromatic rings. The fraction of sp³-hybridized carbons (Fsp3) is 0.167. The van der Waals surface area contributed by atoms with Crippen LogP contribution in [-0.4, -0.2) is 28.7 Å². The quantitative estimate of drug-likeness (QED) is 0.765. The molecule has 1 aliphatic heterocycles. The van der Waals surface area contributed by atoms with Gasteiger partial charge in [-0.05, 0) is 23.1 Å². The molecule has 0 radical (unpaired) electrons. The Hall–Kier alpha value is -2.51. The first-order chi connectivity index (χ1) is 12.2. The molecule has 0 fully saturated rings. The van der Waals surface area contributed by atoms with Gasteiger partial charge in [0.25, 0.3) is 5.91 Å². The van der Waals surface area contributed by atoms with Gasteiger partial charge >= 0.3 is 0 Å². The summed E-state index contributed by atoms with van der Waals surface area (Å²) in [7, 11) is 1.76. The predicted molar refractivity (Wildman–Crippen MR) is 99.1 cm³/mol. The summed E-state index contributed by atoms with van der Waals surface area (Å²) < 4.78 is 0. The van der Waals surface area contributed by atoms with Gasteiger partial charge in [0, 0.05) is 29.1 Å². The molecule has 2 amide bonds. The van der Waals surface area contributed by atoms with Gasteiger partial charge in [0.05, 0.1) is 12.0 Å². The van der Waals surface area contributed by atoms with E-state index in [2.05, 4.69) is 10.3 Å². The first-order valence-electron chi connectivity index (χ1n) is 7.76. The van der Waals surface area contributed by atoms with E-state index in [4.69, 9.17) is 0 Å². The van der Waals surface area contributed by atoms with Crippen LogP contribution in [0.1, 0.15) is 32.8 Å². The van der Waals surface area contributed by atoms with E-state index in [1.165, 1.54) is 11.3 Å². The molecule has 126 valence electrons. The highest BCUT2D eigenvalue weighted by Crippen LogP contribution is 2.43. The van der Waals surface area contributed by atoms with E-state index in [-0.39, 0.29) is 17.9 Å². The Morgan fingerprint density at radius 3 is 2.72 bits per heavy atom. The van der Waals surface area contributed by atoms with Crippen molar-refractivity contribution in [1.29, 1.82) is 0 Å². The molecule has 0 bridgehead atoms. The van der Waals surface area contributed by atoms with Crippen molar-refractivity contribution in [2.75, 3.05) is 12.4 Å². The molecule has 5 nitrogen and oxygen atoms in total. The smallest absolute Gasteiger partial charge is 0.254 e. The molecule has 2 aromatic heterocycles. The number of likely N-dealkylation sites (N-methyl/N-ethyl adjacent to an activating group) is 1. The van der Waals surface area contributed by atoms with Crippen LogP contribution in [0.2, 0.25) is 0 Å². The van der Waals surface area contributed by atoms with Gasteiger partial charge in [-0.25, -0.2) is 4.98 Å². The van der Waals surface area contributed by atoms with E-state index in [9.17, 15) is 9.59 Å². The van der Waals surface area contributed by atoms with Crippen LogP contribution in [0, 0.1) is 0 Å². The Bertz CT molecular complexity index is 906. The van der Waals surface area contributed by atoms with Crippen molar-refractivity contribution in [1.82, 2.24) is 9.88 Å². The maximum atomic E-state index is 13.1. The number of rotatable bonds is 3. The largest absolute Gasteiger partial charge is 0.333 e. The Kier molecular flexibility index (Phi) is 4.10. The van der Waals surface area contributed by atoms with Crippen LogP contribution in [0.15, 0.2) is 53.4 Å². The molecule has 0 saturated heterocycles. The van der Waals surface area contributed by atoms with Crippen molar-refractivity contribution >= 4 is 39.6 Å². The van der Waals surface area contributed by atoms with Crippen LogP contribution in [0.4, 0.5) is 5.13 Å². The second-order valence-electron chi connectivity index (χ2n) is 5.77. The van der Waals surface area contributed by atoms with Crippen LogP contribution < -0.4 is 5.32 Å². The molecule has 0 saturated carbocycles. The topological polar surface area (TPSA) is 62.3 Å². The van der Waals surface area contributed by atoms with Gasteiger partial charge in [0.1, 0.15) is 0 Å². The molecule has 2 unspecified atom stereocenters. The lowest BCUT2D eigenvalue weighted by atomic mass is 9.82. The Morgan fingerprint density at radius 1 is 1.16 bits per heavy atom. The lowest BCUT2D eigenvalue weighted by Crippen LogP contribution is -2.43. The third-order valence-electron chi connectivity index (χ3n) is 4.36. The SMILES string of the molecule is CN1C(=O)c2ccccc2C(C(=O)Nc2nccs2)C1c1cccs1. The van der Waals surface area contributed by atoms with Gasteiger partial charge in [0.15, 0.2) is 5.13 Å². The molecule has 2 atom stereocenters. The van der Waals surface area contributed by atoms with Gasteiger partial charge < -0.3 is 10.2 Å². The average molecular weight is 369 g/mol. The third kappa shape index (κ3) is 2.75. The number of benzene rings is 1. The van der Waals surface area contributed by atoms with Crippen molar-refractivity contribution in [2.24, 2.45) is 0 Å². The number of amides is 2. The number of hydrogen-bond donors (Lipinski definition) is 1. The van der Waals surface area contributed by atoms with E-state index in [0.29, 0.717) is 10.7 Å². The van der Waals surface area contributed by atoms with E-state index in [1.807, 2.05) is 41.1 Å². The van der Waals surface area contributed by atoms with Crippen LogP contribution >= 0.6 is 22.7 Å². The molecule has 1 N–H and O–H groups in total. The molecule has 3 heterocycles. The minimum absolute atomic E-state index is 0.0627. The Labute approximate surface area is 152 Å². The number of nitrogens with one attached hydrogen (secondary N) is 1. The van der Waals surface area contributed by atoms with Crippen LogP contribution in [-0.2, 0) is 4.79 Å². The third-order valence-corrected chi connectivity index (χ3v) is 5.99. The van der Waals surface area contributed by atoms with Crippen molar-refractivity contribution in [2.45, 2.75) is 12.0 Å². The van der Waals surface area contributed by atoms with Crippen LogP contribution in [0.3, 0.4) is 0 Å². The summed E-state index contributed by atoms with van der Waals surface area (Å²) in [6.07, 6.45) is 1.65. The Balaban J connectivity index is 1.82. The molecule has 0 aliphatic carbocycles. The second-order valence-corrected chi connectivity index (χ2v) is 7.64. The summed E-state index contributed by atoms with van der Waals surface area (Å²) in [6, 6.07) is 10.9. The first-order valence-corrected chi connectivity index (χ1v) is 9.52. The number of nitrogens with zero attached hydrogens (tertiary/aromatic N) is 2. The zero-order chi connectivity index (χ0) is 17.4. The number of aromatic nitrogens is 1. The molecule has 0 spiro atoms. The number of thiophene rings is 1. The van der Waals surface area contributed by atoms with Gasteiger partial charge in [0.2, 0.25) is 5.91 Å². The van der Waals surface area contributed by atoms with Crippen molar-refractivity contribution in [3.63, 3.8) is 0 Å². The van der Waals surface area contributed by atoms with Crippen LogP contribution in [0.25, 0.3) is 0 Å². The minimum Gasteiger partial charge on any atom is -0.333 e. The first kappa shape index (κ1) is 16.0.